The van der Waals surface area contributed by atoms with Gasteiger partial charge in [-0.05, 0) is 31.8 Å². The van der Waals surface area contributed by atoms with Crippen molar-refractivity contribution in [1.29, 1.82) is 0 Å². The van der Waals surface area contributed by atoms with E-state index < -0.39 is 0 Å². The van der Waals surface area contributed by atoms with Gasteiger partial charge in [-0.15, -0.1) is 0 Å². The minimum atomic E-state index is 0.824. The van der Waals surface area contributed by atoms with Gasteiger partial charge in [0.05, 0.1) is 6.54 Å². The molecule has 2 atom stereocenters. The molecule has 0 unspecified atom stereocenters. The predicted octanol–water partition coefficient (Wildman–Crippen LogP) is 2.30. The number of aromatic nitrogens is 1. The molecular weight excluding hydrogens is 262 g/mol. The molecule has 4 rings (SSSR count). The largest absolute Gasteiger partial charge is 0.359 e. The molecule has 110 valence electrons. The van der Waals surface area contributed by atoms with Crippen LogP contribution in [0, 0.1) is 18.8 Å². The Kier molecular flexibility index (Phi) is 3.28. The fraction of sp³-hybridized carbons (Fsp3) is 0.471. The molecule has 2 saturated heterocycles. The Labute approximate surface area is 125 Å². The molecule has 0 radical (unpaired) electrons. The molecule has 0 aliphatic carbocycles. The van der Waals surface area contributed by atoms with Crippen molar-refractivity contribution in [2.24, 2.45) is 11.8 Å². The summed E-state index contributed by atoms with van der Waals surface area (Å²) >= 11 is 0. The van der Waals surface area contributed by atoms with Crippen LogP contribution in [0.25, 0.3) is 11.3 Å². The van der Waals surface area contributed by atoms with Gasteiger partial charge in [-0.3, -0.25) is 4.90 Å². The van der Waals surface area contributed by atoms with Crippen LogP contribution < -0.4 is 5.32 Å². The summed E-state index contributed by atoms with van der Waals surface area (Å²) in [6.45, 7) is 7.68. The number of aryl methyl sites for hydroxylation is 1. The lowest BCUT2D eigenvalue weighted by molar-refractivity contribution is 0.259. The second-order valence-corrected chi connectivity index (χ2v) is 6.42. The summed E-state index contributed by atoms with van der Waals surface area (Å²) < 4.78 is 5.53. The highest BCUT2D eigenvalue weighted by Crippen LogP contribution is 2.28. The van der Waals surface area contributed by atoms with E-state index in [1.54, 1.807) is 0 Å². The van der Waals surface area contributed by atoms with E-state index in [1.807, 2.05) is 0 Å². The average Bonchev–Trinajstić information content (AvgIpc) is 3.16. The molecule has 2 aliphatic heterocycles. The Balaban J connectivity index is 1.44. The van der Waals surface area contributed by atoms with Crippen LogP contribution in [0.5, 0.6) is 0 Å². The summed E-state index contributed by atoms with van der Waals surface area (Å²) in [7, 11) is 0. The molecule has 21 heavy (non-hydrogen) atoms. The van der Waals surface area contributed by atoms with E-state index in [0.717, 1.165) is 35.4 Å². The highest BCUT2D eigenvalue weighted by atomic mass is 16.5. The summed E-state index contributed by atoms with van der Waals surface area (Å²) in [4.78, 5) is 2.50. The van der Waals surface area contributed by atoms with Crippen LogP contribution in [0.3, 0.4) is 0 Å². The van der Waals surface area contributed by atoms with Crippen LogP contribution in [0.15, 0.2) is 34.9 Å². The first-order chi connectivity index (χ1) is 10.3. The second-order valence-electron chi connectivity index (χ2n) is 6.42. The van der Waals surface area contributed by atoms with Gasteiger partial charge >= 0.3 is 0 Å². The van der Waals surface area contributed by atoms with Gasteiger partial charge in [-0.1, -0.05) is 35.0 Å². The average molecular weight is 283 g/mol. The standard InChI is InChI=1S/C17H21N3O/c1-12-2-4-13(5-3-12)17-6-16(21-19-17)11-20-9-14-7-18-8-15(14)10-20/h2-6,14-15,18H,7-11H2,1H3/t14-,15+. The van der Waals surface area contributed by atoms with Gasteiger partial charge in [0, 0.05) is 24.7 Å². The lowest BCUT2D eigenvalue weighted by Crippen LogP contribution is -2.25. The van der Waals surface area contributed by atoms with Crippen molar-refractivity contribution in [3.63, 3.8) is 0 Å². The van der Waals surface area contributed by atoms with Crippen LogP contribution in [0.1, 0.15) is 11.3 Å². The van der Waals surface area contributed by atoms with Gasteiger partial charge in [0.1, 0.15) is 5.69 Å². The number of likely N-dealkylation sites (tertiary alicyclic amines) is 1. The van der Waals surface area contributed by atoms with Crippen molar-refractivity contribution in [1.82, 2.24) is 15.4 Å². The molecule has 2 aliphatic rings. The van der Waals surface area contributed by atoms with Crippen molar-refractivity contribution in [3.05, 3.63) is 41.7 Å². The number of nitrogens with one attached hydrogen (secondary N) is 1. The Morgan fingerprint density at radius 3 is 2.62 bits per heavy atom. The van der Waals surface area contributed by atoms with Crippen LogP contribution in [0.4, 0.5) is 0 Å². The first-order valence-corrected chi connectivity index (χ1v) is 7.73. The molecule has 4 heteroatoms. The van der Waals surface area contributed by atoms with Crippen LogP contribution in [-0.2, 0) is 6.54 Å². The Morgan fingerprint density at radius 1 is 1.19 bits per heavy atom. The van der Waals surface area contributed by atoms with Crippen molar-refractivity contribution in [3.8, 4) is 11.3 Å². The maximum Gasteiger partial charge on any atom is 0.151 e. The lowest BCUT2D eigenvalue weighted by Gasteiger charge is -2.14. The van der Waals surface area contributed by atoms with Crippen LogP contribution >= 0.6 is 0 Å². The molecule has 1 aromatic heterocycles. The summed E-state index contributed by atoms with van der Waals surface area (Å²) in [5, 5.41) is 7.69. The highest BCUT2D eigenvalue weighted by Gasteiger charge is 2.36. The molecule has 0 amide bonds. The van der Waals surface area contributed by atoms with E-state index in [0.29, 0.717) is 0 Å². The Morgan fingerprint density at radius 2 is 1.90 bits per heavy atom. The van der Waals surface area contributed by atoms with Gasteiger partial charge < -0.3 is 9.84 Å². The van der Waals surface area contributed by atoms with E-state index in [2.05, 4.69) is 52.6 Å². The van der Waals surface area contributed by atoms with Gasteiger partial charge in [-0.25, -0.2) is 0 Å². The van der Waals surface area contributed by atoms with Gasteiger partial charge in [-0.2, -0.15) is 0 Å². The molecular formula is C17H21N3O. The number of hydrogen-bond acceptors (Lipinski definition) is 4. The Hall–Kier alpha value is -1.65. The zero-order valence-electron chi connectivity index (χ0n) is 12.4. The van der Waals surface area contributed by atoms with E-state index in [4.69, 9.17) is 4.52 Å². The SMILES string of the molecule is Cc1ccc(-c2cc(CN3C[C@H]4CNC[C@H]4C3)on2)cc1. The van der Waals surface area contributed by atoms with Gasteiger partial charge in [0.15, 0.2) is 5.76 Å². The summed E-state index contributed by atoms with van der Waals surface area (Å²) in [5.41, 5.74) is 3.32. The Bertz CT molecular complexity index is 607. The lowest BCUT2D eigenvalue weighted by atomic mass is 10.0. The molecule has 3 heterocycles. The zero-order chi connectivity index (χ0) is 14.2. The van der Waals surface area contributed by atoms with E-state index in [-0.39, 0.29) is 0 Å². The third kappa shape index (κ3) is 2.61. The molecule has 2 aromatic rings. The van der Waals surface area contributed by atoms with Crippen molar-refractivity contribution in [2.75, 3.05) is 26.2 Å². The number of nitrogens with zero attached hydrogens (tertiary/aromatic N) is 2. The van der Waals surface area contributed by atoms with Crippen LogP contribution in [-0.4, -0.2) is 36.2 Å². The normalized spacial score (nSPS) is 25.4. The summed E-state index contributed by atoms with van der Waals surface area (Å²) in [6.07, 6.45) is 0. The van der Waals surface area contributed by atoms with Crippen molar-refractivity contribution >= 4 is 0 Å². The fourth-order valence-corrected chi connectivity index (χ4v) is 3.55. The first-order valence-electron chi connectivity index (χ1n) is 7.73. The van der Waals surface area contributed by atoms with Crippen molar-refractivity contribution < 1.29 is 4.52 Å². The molecule has 0 spiro atoms. The van der Waals surface area contributed by atoms with Crippen molar-refractivity contribution in [2.45, 2.75) is 13.5 Å². The molecule has 2 fully saturated rings. The maximum atomic E-state index is 5.53. The van der Waals surface area contributed by atoms with Crippen LogP contribution in [0.2, 0.25) is 0 Å². The predicted molar refractivity (Wildman–Crippen MR) is 81.8 cm³/mol. The molecule has 4 nitrogen and oxygen atoms in total. The number of fused-ring (bicyclic) bond motifs is 1. The van der Waals surface area contributed by atoms with E-state index in [9.17, 15) is 0 Å². The second kappa shape index (κ2) is 5.28. The van der Waals surface area contributed by atoms with Gasteiger partial charge in [0.2, 0.25) is 0 Å². The first kappa shape index (κ1) is 13.0. The number of hydrogen-bond donors (Lipinski definition) is 1. The monoisotopic (exact) mass is 283 g/mol. The third-order valence-electron chi connectivity index (χ3n) is 4.75. The minimum Gasteiger partial charge on any atom is -0.359 e. The van der Waals surface area contributed by atoms with E-state index >= 15 is 0 Å². The summed E-state index contributed by atoms with van der Waals surface area (Å²) in [6, 6.07) is 10.5. The maximum absolute atomic E-state index is 5.53. The number of benzene rings is 1. The van der Waals surface area contributed by atoms with Gasteiger partial charge in [0.25, 0.3) is 0 Å². The molecule has 1 aromatic carbocycles. The fourth-order valence-electron chi connectivity index (χ4n) is 3.55. The smallest absolute Gasteiger partial charge is 0.151 e. The minimum absolute atomic E-state index is 0.824. The third-order valence-corrected chi connectivity index (χ3v) is 4.75. The highest BCUT2D eigenvalue weighted by molar-refractivity contribution is 5.59. The topological polar surface area (TPSA) is 41.3 Å². The molecule has 1 N–H and O–H groups in total. The molecule has 0 bridgehead atoms. The quantitative estimate of drug-likeness (QED) is 0.938. The summed E-state index contributed by atoms with van der Waals surface area (Å²) in [5.74, 6) is 2.62. The molecule has 0 saturated carbocycles. The number of rotatable bonds is 3. The zero-order valence-corrected chi connectivity index (χ0v) is 12.4. The van der Waals surface area contributed by atoms with E-state index in [1.165, 1.54) is 31.7 Å².